The van der Waals surface area contributed by atoms with Gasteiger partial charge in [-0.15, -0.1) is 0 Å². The van der Waals surface area contributed by atoms with E-state index in [1.807, 2.05) is 30.6 Å². The molecule has 1 saturated carbocycles. The van der Waals surface area contributed by atoms with Gasteiger partial charge < -0.3 is 10.2 Å². The Labute approximate surface area is 205 Å². The Hall–Kier alpha value is -3.95. The molecular weight excluding hydrogens is 469 g/mol. The highest BCUT2D eigenvalue weighted by molar-refractivity contribution is 6.04. The second kappa shape index (κ2) is 8.61. The summed E-state index contributed by atoms with van der Waals surface area (Å²) in [4.78, 5) is 23.4. The van der Waals surface area contributed by atoms with Crippen molar-refractivity contribution in [2.75, 3.05) is 23.3 Å². The number of pyridine rings is 1. The normalized spacial score (nSPS) is 18.1. The minimum Gasteiger partial charge on any atom is -0.367 e. The van der Waals surface area contributed by atoms with Crippen molar-refractivity contribution in [3.63, 3.8) is 0 Å². The van der Waals surface area contributed by atoms with E-state index in [0.717, 1.165) is 61.5 Å². The van der Waals surface area contributed by atoms with Gasteiger partial charge in [-0.05, 0) is 60.6 Å². The van der Waals surface area contributed by atoms with E-state index in [1.165, 1.54) is 11.8 Å². The number of alkyl halides is 3. The Morgan fingerprint density at radius 3 is 2.69 bits per heavy atom. The summed E-state index contributed by atoms with van der Waals surface area (Å²) < 4.78 is 40.9. The Bertz CT molecular complexity index is 1450. The zero-order valence-corrected chi connectivity index (χ0v) is 19.2. The van der Waals surface area contributed by atoms with Gasteiger partial charge in [-0.3, -0.25) is 9.78 Å². The highest BCUT2D eigenvalue weighted by atomic mass is 19.4. The van der Waals surface area contributed by atoms with Gasteiger partial charge in [-0.1, -0.05) is 6.07 Å². The highest BCUT2D eigenvalue weighted by Crippen LogP contribution is 2.45. The fraction of sp³-hybridized carbons (Fsp3) is 0.308. The van der Waals surface area contributed by atoms with Gasteiger partial charge in [0.25, 0.3) is 5.91 Å². The number of amides is 1. The van der Waals surface area contributed by atoms with Gasteiger partial charge in [-0.2, -0.15) is 18.3 Å². The zero-order valence-electron chi connectivity index (χ0n) is 19.2. The highest BCUT2D eigenvalue weighted by Gasteiger charge is 2.34. The van der Waals surface area contributed by atoms with E-state index >= 15 is 0 Å². The summed E-state index contributed by atoms with van der Waals surface area (Å²) in [6.07, 6.45) is 6.05. The van der Waals surface area contributed by atoms with Gasteiger partial charge in [0.05, 0.1) is 23.6 Å². The van der Waals surface area contributed by atoms with E-state index in [0.29, 0.717) is 11.5 Å². The van der Waals surface area contributed by atoms with Crippen LogP contribution in [0.5, 0.6) is 0 Å². The molecule has 3 aromatic heterocycles. The molecule has 10 heteroatoms. The smallest absolute Gasteiger partial charge is 0.367 e. The number of hydrogen-bond donors (Lipinski definition) is 1. The zero-order chi connectivity index (χ0) is 24.9. The van der Waals surface area contributed by atoms with Crippen LogP contribution in [-0.4, -0.2) is 38.6 Å². The molecule has 1 aliphatic heterocycles. The van der Waals surface area contributed by atoms with E-state index in [2.05, 4.69) is 25.3 Å². The van der Waals surface area contributed by atoms with Crippen LogP contribution in [0.15, 0.2) is 61.3 Å². The SMILES string of the molecule is O=C(Nc1cncc(C(F)(F)F)c1)c1ccc(C2CC2)c(C2CCN(c3cnn4cccnc34)C2)c1. The van der Waals surface area contributed by atoms with Crippen LogP contribution in [0, 0.1) is 0 Å². The van der Waals surface area contributed by atoms with Crippen molar-refractivity contribution in [1.29, 1.82) is 0 Å². The van der Waals surface area contributed by atoms with Crippen LogP contribution in [0.3, 0.4) is 0 Å². The summed E-state index contributed by atoms with van der Waals surface area (Å²) >= 11 is 0. The molecule has 1 amide bonds. The molecule has 184 valence electrons. The average Bonchev–Trinajstić information content (AvgIpc) is 3.44. The summed E-state index contributed by atoms with van der Waals surface area (Å²) in [5, 5.41) is 6.97. The molecule has 1 saturated heterocycles. The first-order valence-electron chi connectivity index (χ1n) is 11.9. The summed E-state index contributed by atoms with van der Waals surface area (Å²) in [5.74, 6) is 0.265. The molecule has 2 fully saturated rings. The summed E-state index contributed by atoms with van der Waals surface area (Å²) in [7, 11) is 0. The van der Waals surface area contributed by atoms with E-state index in [9.17, 15) is 18.0 Å². The topological polar surface area (TPSA) is 75.4 Å². The molecule has 1 N–H and O–H groups in total. The number of fused-ring (bicyclic) bond motifs is 1. The first kappa shape index (κ1) is 22.5. The predicted octanol–water partition coefficient (Wildman–Crippen LogP) is 5.27. The van der Waals surface area contributed by atoms with Crippen LogP contribution < -0.4 is 10.2 Å². The van der Waals surface area contributed by atoms with Crippen LogP contribution in [0.1, 0.15) is 58.1 Å². The molecule has 4 heterocycles. The Morgan fingerprint density at radius 2 is 1.89 bits per heavy atom. The molecule has 2 aliphatic rings. The maximum absolute atomic E-state index is 13.0. The molecule has 1 aromatic carbocycles. The molecule has 4 aromatic rings. The van der Waals surface area contributed by atoms with Crippen LogP contribution >= 0.6 is 0 Å². The number of nitrogens with zero attached hydrogens (tertiary/aromatic N) is 5. The monoisotopic (exact) mass is 492 g/mol. The lowest BCUT2D eigenvalue weighted by Crippen LogP contribution is -2.20. The van der Waals surface area contributed by atoms with Gasteiger partial charge in [0.2, 0.25) is 0 Å². The third kappa shape index (κ3) is 4.27. The number of carbonyl (C=O) groups is 1. The second-order valence-electron chi connectivity index (χ2n) is 9.38. The number of rotatable bonds is 5. The maximum Gasteiger partial charge on any atom is 0.417 e. The summed E-state index contributed by atoms with van der Waals surface area (Å²) in [6.45, 7) is 1.62. The molecule has 6 rings (SSSR count). The number of aromatic nitrogens is 4. The summed E-state index contributed by atoms with van der Waals surface area (Å²) in [5.41, 5.74) is 3.72. The van der Waals surface area contributed by atoms with Gasteiger partial charge in [0.15, 0.2) is 5.65 Å². The third-order valence-electron chi connectivity index (χ3n) is 6.92. The fourth-order valence-electron chi connectivity index (χ4n) is 4.97. The van der Waals surface area contributed by atoms with Crippen molar-refractivity contribution in [3.8, 4) is 0 Å². The molecule has 1 atom stereocenters. The van der Waals surface area contributed by atoms with Gasteiger partial charge in [-0.25, -0.2) is 9.50 Å². The number of anilines is 2. The number of benzene rings is 1. The quantitative estimate of drug-likeness (QED) is 0.411. The van der Waals surface area contributed by atoms with Gasteiger partial charge in [0, 0.05) is 43.2 Å². The first-order chi connectivity index (χ1) is 17.4. The van der Waals surface area contributed by atoms with Crippen molar-refractivity contribution in [2.24, 2.45) is 0 Å². The predicted molar refractivity (Wildman–Crippen MR) is 128 cm³/mol. The van der Waals surface area contributed by atoms with E-state index in [1.54, 1.807) is 16.8 Å². The molecule has 7 nitrogen and oxygen atoms in total. The third-order valence-corrected chi connectivity index (χ3v) is 6.92. The number of carbonyl (C=O) groups excluding carboxylic acids is 1. The minimum absolute atomic E-state index is 0.00951. The van der Waals surface area contributed by atoms with Crippen molar-refractivity contribution < 1.29 is 18.0 Å². The molecule has 0 spiro atoms. The average molecular weight is 493 g/mol. The standard InChI is InChI=1S/C26H23F3N6O/c27-26(28,29)19-11-20(13-30-12-19)33-25(36)17-4-5-21(16-2-3-16)22(10-17)18-6-9-34(15-18)23-14-32-35-8-1-7-31-24(23)35/h1,4-5,7-8,10-14,16,18H,2-3,6,9,15H2,(H,33,36). The second-order valence-corrected chi connectivity index (χ2v) is 9.38. The Kier molecular flexibility index (Phi) is 5.39. The van der Waals surface area contributed by atoms with E-state index in [-0.39, 0.29) is 11.6 Å². The van der Waals surface area contributed by atoms with Crippen molar-refractivity contribution in [3.05, 3.63) is 83.6 Å². The lowest BCUT2D eigenvalue weighted by molar-refractivity contribution is -0.137. The molecule has 0 radical (unpaired) electrons. The molecule has 36 heavy (non-hydrogen) atoms. The Balaban J connectivity index is 1.25. The van der Waals surface area contributed by atoms with E-state index < -0.39 is 17.6 Å². The summed E-state index contributed by atoms with van der Waals surface area (Å²) in [6, 6.07) is 8.40. The minimum atomic E-state index is -4.53. The van der Waals surface area contributed by atoms with Gasteiger partial charge in [0.1, 0.15) is 5.69 Å². The largest absolute Gasteiger partial charge is 0.417 e. The first-order valence-corrected chi connectivity index (χ1v) is 11.9. The lowest BCUT2D eigenvalue weighted by atomic mass is 9.89. The molecule has 1 unspecified atom stereocenters. The van der Waals surface area contributed by atoms with Gasteiger partial charge >= 0.3 is 6.18 Å². The van der Waals surface area contributed by atoms with Crippen LogP contribution in [0.2, 0.25) is 0 Å². The van der Waals surface area contributed by atoms with Crippen LogP contribution in [0.25, 0.3) is 5.65 Å². The number of hydrogen-bond acceptors (Lipinski definition) is 5. The van der Waals surface area contributed by atoms with Crippen molar-refractivity contribution in [1.82, 2.24) is 19.6 Å². The number of halogens is 3. The van der Waals surface area contributed by atoms with Crippen LogP contribution in [0.4, 0.5) is 24.5 Å². The molecule has 0 bridgehead atoms. The molecular formula is C26H23F3N6O. The van der Waals surface area contributed by atoms with E-state index in [4.69, 9.17) is 0 Å². The van der Waals surface area contributed by atoms with Crippen molar-refractivity contribution >= 4 is 22.9 Å². The van der Waals surface area contributed by atoms with Crippen molar-refractivity contribution in [2.45, 2.75) is 37.3 Å². The molecule has 1 aliphatic carbocycles. The lowest BCUT2D eigenvalue weighted by Gasteiger charge is -2.19. The fourth-order valence-corrected chi connectivity index (χ4v) is 4.97. The van der Waals surface area contributed by atoms with Crippen LogP contribution in [-0.2, 0) is 6.18 Å². The maximum atomic E-state index is 13.0. The Morgan fingerprint density at radius 1 is 1.03 bits per heavy atom. The number of nitrogens with one attached hydrogen (secondary N) is 1.